The maximum Gasteiger partial charge on any atom is 0.265 e. The summed E-state index contributed by atoms with van der Waals surface area (Å²) in [5.74, 6) is -0.0204. The Hall–Kier alpha value is -2.54. The van der Waals surface area contributed by atoms with Gasteiger partial charge in [-0.2, -0.15) is 0 Å². The Morgan fingerprint density at radius 1 is 1.04 bits per heavy atom. The van der Waals surface area contributed by atoms with Crippen molar-refractivity contribution in [2.24, 2.45) is 0 Å². The van der Waals surface area contributed by atoms with Gasteiger partial charge in [0.25, 0.3) is 10.0 Å². The molecular weight excluding hydrogens is 328 g/mol. The molecule has 128 valence electrons. The molecule has 0 aromatic heterocycles. The van der Waals surface area contributed by atoms with Crippen LogP contribution in [0, 0.1) is 13.8 Å². The van der Waals surface area contributed by atoms with Crippen LogP contribution in [0.3, 0.4) is 0 Å². The quantitative estimate of drug-likeness (QED) is 0.870. The molecule has 2 rings (SSSR count). The fourth-order valence-electron chi connectivity index (χ4n) is 2.20. The molecule has 0 aliphatic carbocycles. The first-order valence-corrected chi connectivity index (χ1v) is 8.77. The topological polar surface area (TPSA) is 84.5 Å². The van der Waals surface area contributed by atoms with Crippen LogP contribution in [0.4, 0.5) is 11.4 Å². The lowest BCUT2D eigenvalue weighted by Crippen LogP contribution is -2.17. The second-order valence-corrected chi connectivity index (χ2v) is 7.07. The number of amides is 1. The van der Waals surface area contributed by atoms with Crippen LogP contribution in [0.2, 0.25) is 0 Å². The van der Waals surface area contributed by atoms with Crippen molar-refractivity contribution in [3.05, 3.63) is 47.5 Å². The van der Waals surface area contributed by atoms with Gasteiger partial charge in [-0.15, -0.1) is 0 Å². The molecule has 6 nitrogen and oxygen atoms in total. The van der Waals surface area contributed by atoms with E-state index in [0.717, 1.165) is 11.1 Å². The number of methoxy groups -OCH3 is 1. The summed E-state index contributed by atoms with van der Waals surface area (Å²) in [5, 5.41) is 2.60. The SMILES string of the molecule is COc1cc(C)c(C)cc1S(=O)(=O)Nc1ccccc1NC(C)=O. The summed E-state index contributed by atoms with van der Waals surface area (Å²) in [6, 6.07) is 9.84. The van der Waals surface area contributed by atoms with Crippen molar-refractivity contribution in [3.63, 3.8) is 0 Å². The van der Waals surface area contributed by atoms with Gasteiger partial charge in [0.1, 0.15) is 10.6 Å². The first-order chi connectivity index (χ1) is 11.2. The zero-order chi connectivity index (χ0) is 17.9. The van der Waals surface area contributed by atoms with E-state index in [2.05, 4.69) is 10.0 Å². The number of hydrogen-bond donors (Lipinski definition) is 2. The molecule has 0 radical (unpaired) electrons. The Morgan fingerprint density at radius 2 is 1.62 bits per heavy atom. The van der Waals surface area contributed by atoms with Crippen molar-refractivity contribution < 1.29 is 17.9 Å². The summed E-state index contributed by atoms with van der Waals surface area (Å²) < 4.78 is 33.3. The lowest BCUT2D eigenvalue weighted by molar-refractivity contribution is -0.114. The number of anilines is 2. The molecule has 2 N–H and O–H groups in total. The number of aryl methyl sites for hydroxylation is 2. The molecular formula is C17H20N2O4S. The van der Waals surface area contributed by atoms with E-state index in [9.17, 15) is 13.2 Å². The van der Waals surface area contributed by atoms with Crippen LogP contribution in [0.5, 0.6) is 5.75 Å². The minimum atomic E-state index is -3.88. The van der Waals surface area contributed by atoms with Crippen LogP contribution < -0.4 is 14.8 Å². The monoisotopic (exact) mass is 348 g/mol. The third-order valence-corrected chi connectivity index (χ3v) is 4.94. The van der Waals surface area contributed by atoms with Gasteiger partial charge in [-0.25, -0.2) is 8.42 Å². The standard InChI is InChI=1S/C17H20N2O4S/c1-11-9-16(23-4)17(10-12(11)2)24(21,22)19-15-8-6-5-7-14(15)18-13(3)20/h5-10,19H,1-4H3,(H,18,20). The highest BCUT2D eigenvalue weighted by atomic mass is 32.2. The van der Waals surface area contributed by atoms with Crippen LogP contribution >= 0.6 is 0 Å². The number of benzene rings is 2. The molecule has 24 heavy (non-hydrogen) atoms. The van der Waals surface area contributed by atoms with Crippen molar-refractivity contribution in [2.75, 3.05) is 17.1 Å². The molecule has 0 aliphatic heterocycles. The molecule has 1 amide bonds. The Morgan fingerprint density at radius 3 is 2.21 bits per heavy atom. The number of nitrogens with one attached hydrogen (secondary N) is 2. The van der Waals surface area contributed by atoms with Gasteiger partial charge in [-0.3, -0.25) is 9.52 Å². The van der Waals surface area contributed by atoms with Gasteiger partial charge in [0.05, 0.1) is 18.5 Å². The van der Waals surface area contributed by atoms with Gasteiger partial charge < -0.3 is 10.1 Å². The Balaban J connectivity index is 2.47. The van der Waals surface area contributed by atoms with E-state index < -0.39 is 10.0 Å². The molecule has 0 saturated carbocycles. The van der Waals surface area contributed by atoms with Gasteiger partial charge in [0, 0.05) is 6.92 Å². The van der Waals surface area contributed by atoms with E-state index in [1.54, 1.807) is 36.4 Å². The Bertz CT molecular complexity index is 876. The van der Waals surface area contributed by atoms with Crippen LogP contribution in [-0.2, 0) is 14.8 Å². The van der Waals surface area contributed by atoms with Crippen molar-refractivity contribution in [1.29, 1.82) is 0 Å². The first kappa shape index (κ1) is 17.8. The van der Waals surface area contributed by atoms with E-state index in [1.807, 2.05) is 13.8 Å². The number of carbonyl (C=O) groups excluding carboxylic acids is 1. The molecule has 0 bridgehead atoms. The van der Waals surface area contributed by atoms with Crippen molar-refractivity contribution in [1.82, 2.24) is 0 Å². The normalized spacial score (nSPS) is 11.0. The highest BCUT2D eigenvalue weighted by molar-refractivity contribution is 7.92. The number of hydrogen-bond acceptors (Lipinski definition) is 4. The maximum atomic E-state index is 12.8. The summed E-state index contributed by atoms with van der Waals surface area (Å²) in [6.07, 6.45) is 0. The first-order valence-electron chi connectivity index (χ1n) is 7.29. The number of rotatable bonds is 5. The second kappa shape index (κ2) is 6.92. The number of sulfonamides is 1. The largest absolute Gasteiger partial charge is 0.495 e. The molecule has 7 heteroatoms. The Kier molecular flexibility index (Phi) is 5.14. The van der Waals surface area contributed by atoms with Gasteiger partial charge in [-0.1, -0.05) is 12.1 Å². The molecule has 0 saturated heterocycles. The predicted molar refractivity (Wildman–Crippen MR) is 94.0 cm³/mol. The third-order valence-electron chi connectivity index (χ3n) is 3.55. The number of ether oxygens (including phenoxy) is 1. The zero-order valence-electron chi connectivity index (χ0n) is 14.0. The number of para-hydroxylation sites is 2. The lowest BCUT2D eigenvalue weighted by Gasteiger charge is -2.16. The van der Waals surface area contributed by atoms with Crippen LogP contribution in [0.1, 0.15) is 18.1 Å². The molecule has 0 fully saturated rings. The summed E-state index contributed by atoms with van der Waals surface area (Å²) in [4.78, 5) is 11.3. The summed E-state index contributed by atoms with van der Waals surface area (Å²) in [7, 11) is -2.45. The van der Waals surface area contributed by atoms with E-state index in [4.69, 9.17) is 4.74 Å². The Labute approximate surface area is 141 Å². The van der Waals surface area contributed by atoms with E-state index in [1.165, 1.54) is 14.0 Å². The van der Waals surface area contributed by atoms with Gasteiger partial charge >= 0.3 is 0 Å². The van der Waals surface area contributed by atoms with Crippen molar-refractivity contribution in [3.8, 4) is 5.75 Å². The highest BCUT2D eigenvalue weighted by Gasteiger charge is 2.22. The average Bonchev–Trinajstić information content (AvgIpc) is 2.50. The fraction of sp³-hybridized carbons (Fsp3) is 0.235. The molecule has 2 aromatic carbocycles. The molecule has 0 spiro atoms. The van der Waals surface area contributed by atoms with Crippen LogP contribution in [-0.4, -0.2) is 21.4 Å². The highest BCUT2D eigenvalue weighted by Crippen LogP contribution is 2.30. The summed E-state index contributed by atoms with van der Waals surface area (Å²) in [6.45, 7) is 5.07. The molecule has 2 aromatic rings. The molecule has 0 heterocycles. The molecule has 0 atom stereocenters. The zero-order valence-corrected chi connectivity index (χ0v) is 14.8. The third kappa shape index (κ3) is 3.86. The van der Waals surface area contributed by atoms with Gasteiger partial charge in [0.2, 0.25) is 5.91 Å². The van der Waals surface area contributed by atoms with E-state index >= 15 is 0 Å². The van der Waals surface area contributed by atoms with E-state index in [-0.39, 0.29) is 22.2 Å². The maximum absolute atomic E-state index is 12.8. The molecule has 0 unspecified atom stereocenters. The van der Waals surface area contributed by atoms with E-state index in [0.29, 0.717) is 5.69 Å². The lowest BCUT2D eigenvalue weighted by atomic mass is 10.1. The van der Waals surface area contributed by atoms with Crippen molar-refractivity contribution >= 4 is 27.3 Å². The average molecular weight is 348 g/mol. The summed E-state index contributed by atoms with van der Waals surface area (Å²) in [5.41, 5.74) is 2.44. The van der Waals surface area contributed by atoms with Gasteiger partial charge in [-0.05, 0) is 49.2 Å². The van der Waals surface area contributed by atoms with Crippen LogP contribution in [0.25, 0.3) is 0 Å². The van der Waals surface area contributed by atoms with Gasteiger partial charge in [0.15, 0.2) is 0 Å². The predicted octanol–water partition coefficient (Wildman–Crippen LogP) is 3.07. The fourth-order valence-corrected chi connectivity index (χ4v) is 3.52. The second-order valence-electron chi connectivity index (χ2n) is 5.42. The smallest absolute Gasteiger partial charge is 0.265 e. The molecule has 0 aliphatic rings. The summed E-state index contributed by atoms with van der Waals surface area (Å²) >= 11 is 0. The number of carbonyl (C=O) groups is 1. The minimum absolute atomic E-state index is 0.0470. The minimum Gasteiger partial charge on any atom is -0.495 e. The van der Waals surface area contributed by atoms with Crippen LogP contribution in [0.15, 0.2) is 41.3 Å². The van der Waals surface area contributed by atoms with Crippen molar-refractivity contribution in [2.45, 2.75) is 25.7 Å².